The smallest absolute Gasteiger partial charge is 0.365 e. The van der Waals surface area contributed by atoms with E-state index in [4.69, 9.17) is 0 Å². The lowest BCUT2D eigenvalue weighted by molar-refractivity contribution is -0.137. The SMILES string of the molecule is CSN(C)c1ncccc1CNc1nc(Nc2ccc(C(=O)NCCN(C)C)cc2)ncc1C(F)(F)F. The zero-order valence-electron chi connectivity index (χ0n) is 20.9. The first-order valence-electron chi connectivity index (χ1n) is 11.3. The Kier molecular flexibility index (Phi) is 9.53. The molecule has 0 atom stereocenters. The van der Waals surface area contributed by atoms with Gasteiger partial charge in [0.1, 0.15) is 17.2 Å². The molecule has 0 aliphatic heterocycles. The van der Waals surface area contributed by atoms with E-state index in [9.17, 15) is 18.0 Å². The summed E-state index contributed by atoms with van der Waals surface area (Å²) in [5, 5.41) is 8.50. The van der Waals surface area contributed by atoms with Crippen molar-refractivity contribution in [2.24, 2.45) is 0 Å². The second kappa shape index (κ2) is 12.6. The zero-order valence-corrected chi connectivity index (χ0v) is 21.7. The summed E-state index contributed by atoms with van der Waals surface area (Å²) in [4.78, 5) is 26.4. The van der Waals surface area contributed by atoms with Gasteiger partial charge in [-0.1, -0.05) is 18.0 Å². The van der Waals surface area contributed by atoms with Gasteiger partial charge in [0, 0.05) is 62.1 Å². The van der Waals surface area contributed by atoms with E-state index in [0.29, 0.717) is 35.7 Å². The Hall–Kier alpha value is -3.58. The minimum atomic E-state index is -4.64. The van der Waals surface area contributed by atoms with E-state index >= 15 is 0 Å². The van der Waals surface area contributed by atoms with Crippen LogP contribution in [-0.2, 0) is 12.7 Å². The van der Waals surface area contributed by atoms with Crippen LogP contribution in [0.1, 0.15) is 21.5 Å². The highest BCUT2D eigenvalue weighted by atomic mass is 32.2. The standard InChI is InChI=1S/C24H29F3N8OS/c1-34(2)13-12-29-22(36)16-7-9-18(10-8-16)32-23-31-15-19(24(25,26)27)20(33-23)30-14-17-6-5-11-28-21(17)35(3)37-4/h5-11,15H,12-14H2,1-4H3,(H,29,36)(H2,30,31,32,33). The summed E-state index contributed by atoms with van der Waals surface area (Å²) in [7, 11) is 5.65. The van der Waals surface area contributed by atoms with Crippen LogP contribution in [0.2, 0.25) is 0 Å². The molecular weight excluding hydrogens is 505 g/mol. The first-order chi connectivity index (χ1) is 17.6. The fourth-order valence-corrected chi connectivity index (χ4v) is 3.57. The molecule has 0 saturated carbocycles. The molecule has 0 saturated heterocycles. The molecule has 3 N–H and O–H groups in total. The molecule has 3 rings (SSSR count). The van der Waals surface area contributed by atoms with E-state index in [2.05, 4.69) is 30.9 Å². The summed E-state index contributed by atoms with van der Waals surface area (Å²) < 4.78 is 42.7. The van der Waals surface area contributed by atoms with Crippen molar-refractivity contribution >= 4 is 41.1 Å². The van der Waals surface area contributed by atoms with Crippen LogP contribution in [0.15, 0.2) is 48.8 Å². The molecule has 2 heterocycles. The van der Waals surface area contributed by atoms with Crippen LogP contribution in [0.5, 0.6) is 0 Å². The molecule has 13 heteroatoms. The number of nitrogens with zero attached hydrogens (tertiary/aromatic N) is 5. The van der Waals surface area contributed by atoms with Crippen LogP contribution in [0, 0.1) is 0 Å². The van der Waals surface area contributed by atoms with Crippen LogP contribution < -0.4 is 20.3 Å². The van der Waals surface area contributed by atoms with Gasteiger partial charge in [0.25, 0.3) is 5.91 Å². The Balaban J connectivity index is 1.75. The quantitative estimate of drug-likeness (QED) is 0.312. The maximum Gasteiger partial charge on any atom is 0.421 e. The lowest BCUT2D eigenvalue weighted by atomic mass is 10.2. The molecule has 1 amide bonds. The van der Waals surface area contributed by atoms with Crippen molar-refractivity contribution < 1.29 is 18.0 Å². The van der Waals surface area contributed by atoms with Crippen LogP contribution in [-0.4, -0.2) is 66.2 Å². The maximum absolute atomic E-state index is 13.6. The highest BCUT2D eigenvalue weighted by Crippen LogP contribution is 2.34. The van der Waals surface area contributed by atoms with Gasteiger partial charge in [0.05, 0.1) is 0 Å². The number of pyridine rings is 1. The van der Waals surface area contributed by atoms with Gasteiger partial charge in [0.15, 0.2) is 0 Å². The average Bonchev–Trinajstić information content (AvgIpc) is 2.86. The number of benzene rings is 1. The van der Waals surface area contributed by atoms with E-state index in [1.54, 1.807) is 42.6 Å². The average molecular weight is 535 g/mol. The molecule has 0 fully saturated rings. The normalized spacial score (nSPS) is 11.4. The number of halogens is 3. The zero-order chi connectivity index (χ0) is 27.0. The first kappa shape index (κ1) is 28.0. The van der Waals surface area contributed by atoms with Gasteiger partial charge in [-0.2, -0.15) is 18.2 Å². The topological polar surface area (TPSA) is 98.3 Å². The van der Waals surface area contributed by atoms with Crippen LogP contribution in [0.25, 0.3) is 0 Å². The Labute approximate surface area is 218 Å². The van der Waals surface area contributed by atoms with Gasteiger partial charge in [-0.3, -0.25) is 4.79 Å². The Morgan fingerprint density at radius 1 is 1.08 bits per heavy atom. The van der Waals surface area contributed by atoms with Crippen molar-refractivity contribution in [3.8, 4) is 0 Å². The molecule has 37 heavy (non-hydrogen) atoms. The third-order valence-electron chi connectivity index (χ3n) is 5.23. The molecular formula is C24H29F3N8OS. The van der Waals surface area contributed by atoms with Crippen molar-refractivity contribution in [1.82, 2.24) is 25.2 Å². The van der Waals surface area contributed by atoms with Crippen LogP contribution >= 0.6 is 11.9 Å². The Morgan fingerprint density at radius 3 is 2.46 bits per heavy atom. The van der Waals surface area contributed by atoms with Crippen molar-refractivity contribution in [1.29, 1.82) is 0 Å². The largest absolute Gasteiger partial charge is 0.421 e. The first-order valence-corrected chi connectivity index (χ1v) is 12.5. The van der Waals surface area contributed by atoms with E-state index in [-0.39, 0.29) is 24.2 Å². The molecule has 1 aromatic carbocycles. The number of aromatic nitrogens is 3. The van der Waals surface area contributed by atoms with Crippen LogP contribution in [0.3, 0.4) is 0 Å². The van der Waals surface area contributed by atoms with E-state index in [1.807, 2.05) is 36.6 Å². The van der Waals surface area contributed by atoms with Gasteiger partial charge in [-0.15, -0.1) is 0 Å². The number of nitrogens with one attached hydrogen (secondary N) is 3. The fourth-order valence-electron chi connectivity index (χ4n) is 3.23. The summed E-state index contributed by atoms with van der Waals surface area (Å²) in [5.41, 5.74) is 0.709. The lowest BCUT2D eigenvalue weighted by Gasteiger charge is -2.19. The third kappa shape index (κ3) is 7.95. The summed E-state index contributed by atoms with van der Waals surface area (Å²) in [6.45, 7) is 1.30. The van der Waals surface area contributed by atoms with Crippen molar-refractivity contribution in [2.75, 3.05) is 55.4 Å². The minimum absolute atomic E-state index is 0.0219. The monoisotopic (exact) mass is 534 g/mol. The Morgan fingerprint density at radius 2 is 1.81 bits per heavy atom. The number of carbonyl (C=O) groups excluding carboxylic acids is 1. The van der Waals surface area contributed by atoms with Gasteiger partial charge in [-0.05, 0) is 44.4 Å². The second-order valence-corrected chi connectivity index (χ2v) is 9.15. The van der Waals surface area contributed by atoms with Crippen molar-refractivity contribution in [3.05, 3.63) is 65.5 Å². The maximum atomic E-state index is 13.6. The predicted octanol–water partition coefficient (Wildman–Crippen LogP) is 4.25. The van der Waals surface area contributed by atoms with Gasteiger partial charge in [0.2, 0.25) is 5.95 Å². The summed E-state index contributed by atoms with van der Waals surface area (Å²) in [6.07, 6.45) is -0.406. The number of likely N-dealkylation sites (N-methyl/N-ethyl adjacent to an activating group) is 1. The number of amides is 1. The molecule has 198 valence electrons. The molecule has 0 aliphatic rings. The molecule has 0 aliphatic carbocycles. The van der Waals surface area contributed by atoms with Crippen LogP contribution in [0.4, 0.5) is 36.4 Å². The molecule has 0 unspecified atom stereocenters. The number of anilines is 4. The number of hydrogen-bond donors (Lipinski definition) is 3. The summed E-state index contributed by atoms with van der Waals surface area (Å²) in [5.74, 6) is 0.0386. The molecule has 0 spiro atoms. The molecule has 0 radical (unpaired) electrons. The number of hydrogen-bond acceptors (Lipinski definition) is 9. The molecule has 3 aromatic rings. The number of alkyl halides is 3. The molecule has 2 aromatic heterocycles. The van der Waals surface area contributed by atoms with Gasteiger partial charge >= 0.3 is 6.18 Å². The summed E-state index contributed by atoms with van der Waals surface area (Å²) in [6, 6.07) is 10.0. The van der Waals surface area contributed by atoms with Gasteiger partial charge in [-0.25, -0.2) is 9.97 Å². The third-order valence-corrected chi connectivity index (χ3v) is 5.95. The van der Waals surface area contributed by atoms with E-state index < -0.39 is 11.7 Å². The van der Waals surface area contributed by atoms with E-state index in [0.717, 1.165) is 6.20 Å². The van der Waals surface area contributed by atoms with E-state index in [1.165, 1.54) is 11.9 Å². The highest BCUT2D eigenvalue weighted by molar-refractivity contribution is 7.99. The lowest BCUT2D eigenvalue weighted by Crippen LogP contribution is -2.31. The minimum Gasteiger partial charge on any atom is -0.365 e. The summed E-state index contributed by atoms with van der Waals surface area (Å²) >= 11 is 1.43. The van der Waals surface area contributed by atoms with Gasteiger partial charge < -0.3 is 25.2 Å². The number of carbonyl (C=O) groups is 1. The van der Waals surface area contributed by atoms with Crippen molar-refractivity contribution in [3.63, 3.8) is 0 Å². The van der Waals surface area contributed by atoms with Crippen molar-refractivity contribution in [2.45, 2.75) is 12.7 Å². The fraction of sp³-hybridized carbons (Fsp3) is 0.333. The molecule has 0 bridgehead atoms. The predicted molar refractivity (Wildman–Crippen MR) is 141 cm³/mol. The highest BCUT2D eigenvalue weighted by Gasteiger charge is 2.35. The number of rotatable bonds is 11. The molecule has 9 nitrogen and oxygen atoms in total. The second-order valence-electron chi connectivity index (χ2n) is 8.23. The Bertz CT molecular complexity index is 1190.